The molecule has 0 unspecified atom stereocenters. The van der Waals surface area contributed by atoms with Crippen LogP contribution in [0.5, 0.6) is 0 Å². The highest BCUT2D eigenvalue weighted by atomic mass is 19.1. The standard InChI is InChI=1S/C27H31FN4O/c1-32(20-14-27(15-20)7-10-29-11-8-27)16-17-2-4-18(5-3-17)25-21-6-9-30-26(33)22-12-19(28)13-23(31-25)24(21)22/h2-5,12-13,20,29,31H,6-11,14-16H2,1H3,(H,30,33). The molecule has 172 valence electrons. The number of hydrogen-bond acceptors (Lipinski definition) is 3. The monoisotopic (exact) mass is 446 g/mol. The highest BCUT2D eigenvalue weighted by molar-refractivity contribution is 6.10. The molecule has 0 radical (unpaired) electrons. The highest BCUT2D eigenvalue weighted by Gasteiger charge is 2.45. The van der Waals surface area contributed by atoms with Crippen LogP contribution in [-0.4, -0.2) is 48.5 Å². The first-order valence-electron chi connectivity index (χ1n) is 12.1. The Morgan fingerprint density at radius 2 is 1.85 bits per heavy atom. The van der Waals surface area contributed by atoms with E-state index < -0.39 is 5.82 Å². The molecule has 2 aromatic carbocycles. The fourth-order valence-corrected chi connectivity index (χ4v) is 6.25. The van der Waals surface area contributed by atoms with E-state index in [0.717, 1.165) is 35.2 Å². The molecule has 3 aromatic rings. The number of hydrogen-bond donors (Lipinski definition) is 3. The van der Waals surface area contributed by atoms with Gasteiger partial charge >= 0.3 is 0 Å². The number of piperidine rings is 1. The Balaban J connectivity index is 1.21. The maximum absolute atomic E-state index is 14.1. The molecule has 3 heterocycles. The van der Waals surface area contributed by atoms with Gasteiger partial charge in [0.1, 0.15) is 5.82 Å². The molecular weight excluding hydrogens is 415 g/mol. The van der Waals surface area contributed by atoms with Crippen molar-refractivity contribution in [2.24, 2.45) is 5.41 Å². The zero-order valence-corrected chi connectivity index (χ0v) is 19.1. The summed E-state index contributed by atoms with van der Waals surface area (Å²) in [7, 11) is 2.25. The minimum atomic E-state index is -0.394. The van der Waals surface area contributed by atoms with Crippen LogP contribution in [0.2, 0.25) is 0 Å². The Morgan fingerprint density at radius 3 is 2.61 bits per heavy atom. The van der Waals surface area contributed by atoms with E-state index in [9.17, 15) is 9.18 Å². The summed E-state index contributed by atoms with van der Waals surface area (Å²) < 4.78 is 14.1. The minimum Gasteiger partial charge on any atom is -0.354 e. The van der Waals surface area contributed by atoms with Crippen LogP contribution in [0.15, 0.2) is 36.4 Å². The predicted octanol–water partition coefficient (Wildman–Crippen LogP) is 4.22. The summed E-state index contributed by atoms with van der Waals surface area (Å²) >= 11 is 0. The van der Waals surface area contributed by atoms with Gasteiger partial charge in [0, 0.05) is 35.7 Å². The van der Waals surface area contributed by atoms with Crippen LogP contribution in [0.1, 0.15) is 47.2 Å². The van der Waals surface area contributed by atoms with Crippen LogP contribution in [-0.2, 0) is 13.0 Å². The summed E-state index contributed by atoms with van der Waals surface area (Å²) in [6.07, 6.45) is 6.03. The van der Waals surface area contributed by atoms with Crippen LogP contribution in [0.25, 0.3) is 22.2 Å². The smallest absolute Gasteiger partial charge is 0.252 e. The van der Waals surface area contributed by atoms with E-state index in [4.69, 9.17) is 0 Å². The average molecular weight is 447 g/mol. The van der Waals surface area contributed by atoms with Gasteiger partial charge in [-0.1, -0.05) is 24.3 Å². The number of carbonyl (C=O) groups excluding carboxylic acids is 1. The molecule has 1 saturated carbocycles. The third-order valence-corrected chi connectivity index (χ3v) is 8.17. The molecule has 6 rings (SSSR count). The zero-order chi connectivity index (χ0) is 22.6. The van der Waals surface area contributed by atoms with Crippen molar-refractivity contribution in [1.82, 2.24) is 20.5 Å². The Labute approximate surface area is 193 Å². The molecule has 1 aliphatic carbocycles. The Bertz CT molecular complexity index is 1200. The lowest BCUT2D eigenvalue weighted by atomic mass is 9.60. The van der Waals surface area contributed by atoms with Crippen molar-refractivity contribution in [3.8, 4) is 11.3 Å². The van der Waals surface area contributed by atoms with E-state index in [-0.39, 0.29) is 5.91 Å². The van der Waals surface area contributed by atoms with E-state index in [0.29, 0.717) is 29.1 Å². The number of nitrogens with zero attached hydrogens (tertiary/aromatic N) is 1. The normalized spacial score (nSPS) is 20.2. The highest BCUT2D eigenvalue weighted by Crippen LogP contribution is 2.49. The lowest BCUT2D eigenvalue weighted by Gasteiger charge is -2.53. The van der Waals surface area contributed by atoms with Crippen LogP contribution in [0.4, 0.5) is 4.39 Å². The van der Waals surface area contributed by atoms with Crippen molar-refractivity contribution in [2.75, 3.05) is 26.7 Å². The van der Waals surface area contributed by atoms with Crippen LogP contribution in [0, 0.1) is 11.2 Å². The van der Waals surface area contributed by atoms with Crippen molar-refractivity contribution < 1.29 is 9.18 Å². The Hall–Kier alpha value is -2.70. The zero-order valence-electron chi connectivity index (χ0n) is 19.1. The molecule has 33 heavy (non-hydrogen) atoms. The first-order valence-corrected chi connectivity index (χ1v) is 12.1. The number of aromatic nitrogens is 1. The van der Waals surface area contributed by atoms with Gasteiger partial charge in [-0.3, -0.25) is 9.69 Å². The van der Waals surface area contributed by atoms with Crippen molar-refractivity contribution in [3.05, 3.63) is 58.9 Å². The van der Waals surface area contributed by atoms with E-state index in [1.54, 1.807) is 0 Å². The number of aromatic amines is 1. The van der Waals surface area contributed by atoms with Gasteiger partial charge in [0.25, 0.3) is 5.91 Å². The van der Waals surface area contributed by atoms with E-state index in [1.165, 1.54) is 56.5 Å². The van der Waals surface area contributed by atoms with Gasteiger partial charge in [-0.2, -0.15) is 0 Å². The van der Waals surface area contributed by atoms with Gasteiger partial charge in [-0.15, -0.1) is 0 Å². The van der Waals surface area contributed by atoms with Gasteiger partial charge < -0.3 is 15.6 Å². The molecule has 1 saturated heterocycles. The van der Waals surface area contributed by atoms with Crippen LogP contribution < -0.4 is 10.6 Å². The first kappa shape index (κ1) is 20.9. The summed E-state index contributed by atoms with van der Waals surface area (Å²) in [6.45, 7) is 3.85. The molecule has 2 aliphatic heterocycles. The van der Waals surface area contributed by atoms with Gasteiger partial charge in [-0.05, 0) is 86.5 Å². The second kappa shape index (κ2) is 7.96. The number of H-pyrrole nitrogens is 1. The predicted molar refractivity (Wildman–Crippen MR) is 129 cm³/mol. The number of amides is 1. The SMILES string of the molecule is CN(Cc1ccc(-c2[nH]c3cc(F)cc4c3c2CCNC4=O)cc1)C1CC2(CCNCC2)C1. The molecular formula is C27H31FN4O. The molecule has 1 aromatic heterocycles. The molecule has 5 nitrogen and oxygen atoms in total. The van der Waals surface area contributed by atoms with E-state index in [2.05, 4.69) is 51.8 Å². The fourth-order valence-electron chi connectivity index (χ4n) is 6.25. The summed E-state index contributed by atoms with van der Waals surface area (Å²) in [6, 6.07) is 12.2. The summed E-state index contributed by atoms with van der Waals surface area (Å²) in [5.41, 5.74) is 6.16. The summed E-state index contributed by atoms with van der Waals surface area (Å²) in [5.74, 6) is -0.598. The van der Waals surface area contributed by atoms with Gasteiger partial charge in [0.05, 0.1) is 5.56 Å². The van der Waals surface area contributed by atoms with Crippen LogP contribution >= 0.6 is 0 Å². The number of halogens is 1. The van der Waals surface area contributed by atoms with Crippen molar-refractivity contribution in [3.63, 3.8) is 0 Å². The second-order valence-electron chi connectivity index (χ2n) is 10.3. The number of nitrogens with one attached hydrogen (secondary N) is 3. The topological polar surface area (TPSA) is 60.2 Å². The molecule has 3 aliphatic rings. The average Bonchev–Trinajstić information content (AvgIpc) is 3.06. The summed E-state index contributed by atoms with van der Waals surface area (Å²) in [4.78, 5) is 18.3. The third kappa shape index (κ3) is 3.65. The van der Waals surface area contributed by atoms with Gasteiger partial charge in [-0.25, -0.2) is 4.39 Å². The Kier molecular flexibility index (Phi) is 5.03. The molecule has 1 spiro atoms. The molecule has 1 amide bonds. The minimum absolute atomic E-state index is 0.204. The third-order valence-electron chi connectivity index (χ3n) is 8.17. The first-order chi connectivity index (χ1) is 16.0. The molecule has 6 heteroatoms. The second-order valence-corrected chi connectivity index (χ2v) is 10.3. The molecule has 3 N–H and O–H groups in total. The maximum atomic E-state index is 14.1. The number of benzene rings is 2. The molecule has 2 fully saturated rings. The van der Waals surface area contributed by atoms with Gasteiger partial charge in [0.15, 0.2) is 0 Å². The van der Waals surface area contributed by atoms with E-state index in [1.807, 2.05) is 0 Å². The molecule has 0 bridgehead atoms. The van der Waals surface area contributed by atoms with Gasteiger partial charge in [0.2, 0.25) is 0 Å². The molecule has 0 atom stereocenters. The van der Waals surface area contributed by atoms with Crippen molar-refractivity contribution >= 4 is 16.8 Å². The van der Waals surface area contributed by atoms with Crippen molar-refractivity contribution in [1.29, 1.82) is 0 Å². The van der Waals surface area contributed by atoms with Crippen molar-refractivity contribution in [2.45, 2.75) is 44.7 Å². The largest absolute Gasteiger partial charge is 0.354 e. The number of carbonyl (C=O) groups is 1. The lowest BCUT2D eigenvalue weighted by molar-refractivity contribution is -0.0130. The number of rotatable bonds is 4. The Morgan fingerprint density at radius 1 is 1.09 bits per heavy atom. The quantitative estimate of drug-likeness (QED) is 0.562. The summed E-state index contributed by atoms with van der Waals surface area (Å²) in [5, 5.41) is 7.23. The lowest BCUT2D eigenvalue weighted by Crippen LogP contribution is -2.53. The fraction of sp³-hybridized carbons (Fsp3) is 0.444. The van der Waals surface area contributed by atoms with E-state index >= 15 is 0 Å². The maximum Gasteiger partial charge on any atom is 0.252 e. The van der Waals surface area contributed by atoms with Crippen LogP contribution in [0.3, 0.4) is 0 Å².